The molecule has 0 saturated heterocycles. The number of ketones is 1. The average molecular weight is 812 g/mol. The molecule has 0 aromatic heterocycles. The minimum Gasteiger partial charge on any atom is -0.457 e. The SMILES string of the molecule is O=C(c1ccc(Oc2ccccc2P(c2ccccc2)c2ccccc2)cc1)c1ccc(Oc2ccccc2[P+](c2ccccc2)(c2ccccc2)c2ccccc2)cc1. The standard InChI is InChI=1S/C55H41O3P2/c56-55(42-34-38-44(39-35-42)57-51-30-16-18-32-53(51)59(46-20-6-1-7-21-46)47-22-8-2-9-23-47)43-36-40-45(41-37-43)58-52-31-17-19-33-54(52)60(48-24-10-3-11-25-48,49-26-12-4-13-27-49)50-28-14-5-15-29-50/h1-41H/q+1. The first-order chi connectivity index (χ1) is 29.7. The van der Waals surface area contributed by atoms with Crippen LogP contribution in [-0.2, 0) is 0 Å². The molecule has 0 bridgehead atoms. The van der Waals surface area contributed by atoms with E-state index in [4.69, 9.17) is 9.47 Å². The minimum atomic E-state index is -2.40. The molecule has 9 aromatic rings. The summed E-state index contributed by atoms with van der Waals surface area (Å²) in [5.74, 6) is 2.81. The van der Waals surface area contributed by atoms with Crippen molar-refractivity contribution in [3.63, 3.8) is 0 Å². The summed E-state index contributed by atoms with van der Waals surface area (Å²) in [7, 11) is -3.25. The Morgan fingerprint density at radius 3 is 1.15 bits per heavy atom. The summed E-state index contributed by atoms with van der Waals surface area (Å²) in [4.78, 5) is 13.8. The van der Waals surface area contributed by atoms with Crippen molar-refractivity contribution in [2.24, 2.45) is 0 Å². The molecule has 288 valence electrons. The van der Waals surface area contributed by atoms with Gasteiger partial charge in [0, 0.05) is 16.4 Å². The molecule has 9 rings (SSSR count). The maximum atomic E-state index is 13.8. The predicted molar refractivity (Wildman–Crippen MR) is 253 cm³/mol. The molecule has 0 fully saturated rings. The highest BCUT2D eigenvalue weighted by Crippen LogP contribution is 2.56. The third-order valence-corrected chi connectivity index (χ3v) is 17.3. The second-order valence-corrected chi connectivity index (χ2v) is 19.8. The molecule has 0 heterocycles. The van der Waals surface area contributed by atoms with Gasteiger partial charge in [-0.1, -0.05) is 146 Å². The molecule has 60 heavy (non-hydrogen) atoms. The zero-order valence-corrected chi connectivity index (χ0v) is 34.6. The van der Waals surface area contributed by atoms with Crippen LogP contribution in [0.25, 0.3) is 0 Å². The molecular formula is C55H41O3P2+. The molecule has 0 radical (unpaired) electrons. The lowest BCUT2D eigenvalue weighted by Crippen LogP contribution is -2.39. The van der Waals surface area contributed by atoms with Crippen molar-refractivity contribution in [2.45, 2.75) is 0 Å². The zero-order valence-electron chi connectivity index (χ0n) is 32.8. The predicted octanol–water partition coefficient (Wildman–Crippen LogP) is 10.9. The van der Waals surface area contributed by atoms with Gasteiger partial charge in [-0.2, -0.15) is 0 Å². The Balaban J connectivity index is 0.972. The molecule has 0 amide bonds. The monoisotopic (exact) mass is 811 g/mol. The number of rotatable bonds is 13. The number of hydrogen-bond acceptors (Lipinski definition) is 3. The van der Waals surface area contributed by atoms with E-state index >= 15 is 0 Å². The topological polar surface area (TPSA) is 35.5 Å². The average Bonchev–Trinajstić information content (AvgIpc) is 3.32. The van der Waals surface area contributed by atoms with Crippen LogP contribution in [0, 0.1) is 0 Å². The van der Waals surface area contributed by atoms with Crippen molar-refractivity contribution in [3.05, 3.63) is 260 Å². The molecule has 0 atom stereocenters. The van der Waals surface area contributed by atoms with Crippen LogP contribution in [0.4, 0.5) is 0 Å². The van der Waals surface area contributed by atoms with Gasteiger partial charge in [-0.25, -0.2) is 0 Å². The molecule has 9 aromatic carbocycles. The molecule has 0 saturated carbocycles. The van der Waals surface area contributed by atoms with Crippen molar-refractivity contribution in [3.8, 4) is 23.0 Å². The fourth-order valence-electron chi connectivity index (χ4n) is 7.72. The highest BCUT2D eigenvalue weighted by molar-refractivity contribution is 8.01. The largest absolute Gasteiger partial charge is 0.457 e. The lowest BCUT2D eigenvalue weighted by atomic mass is 10.0. The molecule has 0 aliphatic heterocycles. The van der Waals surface area contributed by atoms with E-state index in [1.54, 1.807) is 0 Å². The number of hydrogen-bond donors (Lipinski definition) is 0. The van der Waals surface area contributed by atoms with Gasteiger partial charge in [0.2, 0.25) is 0 Å². The van der Waals surface area contributed by atoms with Crippen molar-refractivity contribution < 1.29 is 14.3 Å². The zero-order chi connectivity index (χ0) is 40.6. The van der Waals surface area contributed by atoms with Crippen LogP contribution in [0.2, 0.25) is 0 Å². The number of para-hydroxylation sites is 2. The van der Waals surface area contributed by atoms with Crippen molar-refractivity contribution >= 4 is 58.1 Å². The van der Waals surface area contributed by atoms with Crippen LogP contribution in [0.5, 0.6) is 23.0 Å². The van der Waals surface area contributed by atoms with E-state index < -0.39 is 15.2 Å². The van der Waals surface area contributed by atoms with Crippen LogP contribution in [0.1, 0.15) is 15.9 Å². The van der Waals surface area contributed by atoms with Gasteiger partial charge in [0.25, 0.3) is 0 Å². The molecule has 5 heteroatoms. The molecule has 0 N–H and O–H groups in total. The van der Waals surface area contributed by atoms with Gasteiger partial charge in [0.1, 0.15) is 40.4 Å². The summed E-state index contributed by atoms with van der Waals surface area (Å²) < 4.78 is 13.3. The summed E-state index contributed by atoms with van der Waals surface area (Å²) in [5, 5.41) is 8.46. The van der Waals surface area contributed by atoms with Gasteiger partial charge in [0.05, 0.1) is 0 Å². The maximum absolute atomic E-state index is 13.8. The first kappa shape index (κ1) is 38.6. The second kappa shape index (κ2) is 17.9. The summed E-state index contributed by atoms with van der Waals surface area (Å²) in [5.41, 5.74) is 1.15. The van der Waals surface area contributed by atoms with Crippen LogP contribution >= 0.6 is 15.2 Å². The first-order valence-corrected chi connectivity index (χ1v) is 23.1. The third-order valence-electron chi connectivity index (χ3n) is 10.5. The molecular weight excluding hydrogens is 771 g/mol. The van der Waals surface area contributed by atoms with E-state index in [0.717, 1.165) is 22.1 Å². The Morgan fingerprint density at radius 1 is 0.350 bits per heavy atom. The minimum absolute atomic E-state index is 0.0762. The Morgan fingerprint density at radius 2 is 0.700 bits per heavy atom. The Kier molecular flexibility index (Phi) is 11.5. The number of benzene rings is 9. The highest BCUT2D eigenvalue weighted by atomic mass is 31.2. The summed E-state index contributed by atoms with van der Waals surface area (Å²) in [6, 6.07) is 84.9. The number of ether oxygens (including phenoxy) is 2. The van der Waals surface area contributed by atoms with E-state index in [1.165, 1.54) is 26.5 Å². The fourth-order valence-corrected chi connectivity index (χ4v) is 14.4. The van der Waals surface area contributed by atoms with E-state index in [0.29, 0.717) is 22.6 Å². The van der Waals surface area contributed by atoms with E-state index in [9.17, 15) is 4.79 Å². The van der Waals surface area contributed by atoms with Gasteiger partial charge < -0.3 is 9.47 Å². The first-order valence-electron chi connectivity index (χ1n) is 19.9. The number of carbonyl (C=O) groups excluding carboxylic acids is 1. The lowest BCUT2D eigenvalue weighted by Gasteiger charge is -2.28. The molecule has 0 unspecified atom stereocenters. The van der Waals surface area contributed by atoms with Crippen molar-refractivity contribution in [2.75, 3.05) is 0 Å². The van der Waals surface area contributed by atoms with Gasteiger partial charge in [0.15, 0.2) is 16.8 Å². The summed E-state index contributed by atoms with van der Waals surface area (Å²) in [6.07, 6.45) is 0. The highest BCUT2D eigenvalue weighted by Gasteiger charge is 2.49. The normalized spacial score (nSPS) is 11.2. The quantitative estimate of drug-likeness (QED) is 0.0859. The van der Waals surface area contributed by atoms with Gasteiger partial charge >= 0.3 is 0 Å². The van der Waals surface area contributed by atoms with Gasteiger partial charge in [-0.15, -0.1) is 0 Å². The van der Waals surface area contributed by atoms with E-state index in [1.807, 2.05) is 84.9 Å². The fraction of sp³-hybridized carbons (Fsp3) is 0. The smallest absolute Gasteiger partial charge is 0.193 e. The maximum Gasteiger partial charge on any atom is 0.193 e. The van der Waals surface area contributed by atoms with Crippen LogP contribution in [-0.4, -0.2) is 5.78 Å². The Bertz CT molecular complexity index is 2660. The lowest BCUT2D eigenvalue weighted by molar-refractivity contribution is 0.103. The number of carbonyl (C=O) groups is 1. The van der Waals surface area contributed by atoms with Crippen molar-refractivity contribution in [1.29, 1.82) is 0 Å². The Labute approximate surface area is 353 Å². The summed E-state index contributed by atoms with van der Waals surface area (Å²) >= 11 is 0. The van der Waals surface area contributed by atoms with Crippen LogP contribution < -0.4 is 46.6 Å². The third kappa shape index (κ3) is 7.94. The van der Waals surface area contributed by atoms with Crippen LogP contribution in [0.3, 0.4) is 0 Å². The molecule has 0 spiro atoms. The summed E-state index contributed by atoms with van der Waals surface area (Å²) in [6.45, 7) is 0. The second-order valence-electron chi connectivity index (χ2n) is 14.2. The van der Waals surface area contributed by atoms with Gasteiger partial charge in [-0.05, 0) is 122 Å². The van der Waals surface area contributed by atoms with Gasteiger partial charge in [-0.3, -0.25) is 4.79 Å². The van der Waals surface area contributed by atoms with Crippen molar-refractivity contribution in [1.82, 2.24) is 0 Å². The molecule has 3 nitrogen and oxygen atoms in total. The van der Waals surface area contributed by atoms with E-state index in [-0.39, 0.29) is 5.78 Å². The van der Waals surface area contributed by atoms with E-state index in [2.05, 4.69) is 164 Å². The van der Waals surface area contributed by atoms with Crippen LogP contribution in [0.15, 0.2) is 249 Å². The Hall–Kier alpha value is -6.89. The molecule has 0 aliphatic carbocycles. The molecule has 0 aliphatic rings.